The number of imidazole rings is 1. The summed E-state index contributed by atoms with van der Waals surface area (Å²) in [4.78, 5) is 19.0. The van der Waals surface area contributed by atoms with Crippen LogP contribution in [0.25, 0.3) is 0 Å². The van der Waals surface area contributed by atoms with E-state index >= 15 is 0 Å². The highest BCUT2D eigenvalue weighted by molar-refractivity contribution is 6.42. The lowest BCUT2D eigenvalue weighted by atomic mass is 9.96. The summed E-state index contributed by atoms with van der Waals surface area (Å²) >= 11 is 11.9. The first-order valence-electron chi connectivity index (χ1n) is 9.40. The number of hydrogen-bond donors (Lipinski definition) is 1. The average Bonchev–Trinajstić information content (AvgIpc) is 3.08. The van der Waals surface area contributed by atoms with E-state index in [2.05, 4.69) is 39.8 Å². The summed E-state index contributed by atoms with van der Waals surface area (Å²) in [7, 11) is 0. The Kier molecular flexibility index (Phi) is 6.79. The molecule has 0 aliphatic carbocycles. The summed E-state index contributed by atoms with van der Waals surface area (Å²) in [6.45, 7) is 7.63. The molecule has 1 fully saturated rings. The largest absolute Gasteiger partial charge is 0.334 e. The second-order valence-electron chi connectivity index (χ2n) is 7.49. The second-order valence-corrected chi connectivity index (χ2v) is 8.30. The lowest BCUT2D eigenvalue weighted by molar-refractivity contribution is -0.117. The Morgan fingerprint density at radius 2 is 2.00 bits per heavy atom. The molecule has 27 heavy (non-hydrogen) atoms. The van der Waals surface area contributed by atoms with Crippen LogP contribution in [0.4, 0.5) is 5.69 Å². The van der Waals surface area contributed by atoms with Gasteiger partial charge in [0, 0.05) is 30.5 Å². The first-order valence-corrected chi connectivity index (χ1v) is 10.2. The molecule has 0 atom stereocenters. The van der Waals surface area contributed by atoms with Gasteiger partial charge in [-0.1, -0.05) is 37.0 Å². The highest BCUT2D eigenvalue weighted by Gasteiger charge is 2.22. The lowest BCUT2D eigenvalue weighted by Crippen LogP contribution is -2.40. The first kappa shape index (κ1) is 20.2. The van der Waals surface area contributed by atoms with Gasteiger partial charge in [-0.25, -0.2) is 4.98 Å². The SMILES string of the molecule is CC(C)c1nccn1CC1CCN(CC(=O)Nc2ccc(Cl)c(Cl)c2)CC1. The van der Waals surface area contributed by atoms with Crippen LogP contribution < -0.4 is 5.32 Å². The average molecular weight is 409 g/mol. The van der Waals surface area contributed by atoms with Crippen LogP contribution >= 0.6 is 23.2 Å². The maximum absolute atomic E-state index is 12.3. The Hall–Kier alpha value is -1.56. The second kappa shape index (κ2) is 9.09. The van der Waals surface area contributed by atoms with Gasteiger partial charge in [0.05, 0.1) is 16.6 Å². The number of nitrogens with one attached hydrogen (secondary N) is 1. The monoisotopic (exact) mass is 408 g/mol. The van der Waals surface area contributed by atoms with E-state index in [9.17, 15) is 4.79 Å². The van der Waals surface area contributed by atoms with Gasteiger partial charge >= 0.3 is 0 Å². The fourth-order valence-corrected chi connectivity index (χ4v) is 3.86. The van der Waals surface area contributed by atoms with E-state index in [0.29, 0.717) is 34.1 Å². The number of benzene rings is 1. The van der Waals surface area contributed by atoms with Crippen molar-refractivity contribution in [3.63, 3.8) is 0 Å². The van der Waals surface area contributed by atoms with Crippen LogP contribution in [0.5, 0.6) is 0 Å². The van der Waals surface area contributed by atoms with Crippen molar-refractivity contribution in [2.75, 3.05) is 25.0 Å². The van der Waals surface area contributed by atoms with E-state index in [-0.39, 0.29) is 5.91 Å². The number of nitrogens with zero attached hydrogens (tertiary/aromatic N) is 3. The number of halogens is 2. The molecule has 2 aromatic rings. The maximum atomic E-state index is 12.3. The maximum Gasteiger partial charge on any atom is 0.238 e. The predicted molar refractivity (Wildman–Crippen MR) is 111 cm³/mol. The van der Waals surface area contributed by atoms with Crippen LogP contribution in [-0.4, -0.2) is 40.0 Å². The van der Waals surface area contributed by atoms with Crippen LogP contribution in [0.15, 0.2) is 30.6 Å². The number of aromatic nitrogens is 2. The zero-order valence-corrected chi connectivity index (χ0v) is 17.3. The number of piperidine rings is 1. The van der Waals surface area contributed by atoms with Crippen LogP contribution in [0.1, 0.15) is 38.4 Å². The molecule has 2 heterocycles. The van der Waals surface area contributed by atoms with Crippen molar-refractivity contribution in [3.8, 4) is 0 Å². The van der Waals surface area contributed by atoms with Gasteiger partial charge in [-0.05, 0) is 50.0 Å². The Morgan fingerprint density at radius 1 is 1.26 bits per heavy atom. The Bertz CT molecular complexity index is 782. The van der Waals surface area contributed by atoms with Gasteiger partial charge in [0.15, 0.2) is 0 Å². The van der Waals surface area contributed by atoms with Crippen molar-refractivity contribution in [3.05, 3.63) is 46.5 Å². The molecule has 0 spiro atoms. The molecule has 0 bridgehead atoms. The molecule has 146 valence electrons. The number of hydrogen-bond acceptors (Lipinski definition) is 3. The summed E-state index contributed by atoms with van der Waals surface area (Å²) in [5.41, 5.74) is 0.672. The highest BCUT2D eigenvalue weighted by atomic mass is 35.5. The zero-order valence-electron chi connectivity index (χ0n) is 15.8. The van der Waals surface area contributed by atoms with Crippen molar-refractivity contribution in [1.82, 2.24) is 14.5 Å². The molecule has 1 aliphatic rings. The molecular formula is C20H26Cl2N4O. The number of rotatable bonds is 6. The normalized spacial score (nSPS) is 16.0. The summed E-state index contributed by atoms with van der Waals surface area (Å²) in [5.74, 6) is 2.19. The standard InChI is InChI=1S/C20H26Cl2N4O/c1-14(2)20-23-7-10-26(20)12-15-5-8-25(9-6-15)13-19(27)24-16-3-4-17(21)18(22)11-16/h3-4,7,10-11,14-15H,5-6,8-9,12-13H2,1-2H3,(H,24,27). The van der Waals surface area contributed by atoms with Gasteiger partial charge < -0.3 is 9.88 Å². The van der Waals surface area contributed by atoms with E-state index in [1.165, 1.54) is 0 Å². The van der Waals surface area contributed by atoms with E-state index in [4.69, 9.17) is 23.2 Å². The van der Waals surface area contributed by atoms with Crippen LogP contribution in [0.3, 0.4) is 0 Å². The third-order valence-corrected chi connectivity index (χ3v) is 5.74. The van der Waals surface area contributed by atoms with Gasteiger partial charge in [0.1, 0.15) is 5.82 Å². The summed E-state index contributed by atoms with van der Waals surface area (Å²) in [5, 5.41) is 3.81. The molecule has 1 aliphatic heterocycles. The number of anilines is 1. The predicted octanol–water partition coefficient (Wildman–Crippen LogP) is 4.66. The molecular weight excluding hydrogens is 383 g/mol. The van der Waals surface area contributed by atoms with E-state index in [0.717, 1.165) is 38.3 Å². The van der Waals surface area contributed by atoms with Crippen LogP contribution in [0.2, 0.25) is 10.0 Å². The van der Waals surface area contributed by atoms with Gasteiger partial charge in [0.25, 0.3) is 0 Å². The third-order valence-electron chi connectivity index (χ3n) is 5.00. The van der Waals surface area contributed by atoms with Crippen molar-refractivity contribution in [2.24, 2.45) is 5.92 Å². The molecule has 1 saturated heterocycles. The van der Waals surface area contributed by atoms with Crippen LogP contribution in [-0.2, 0) is 11.3 Å². The molecule has 1 N–H and O–H groups in total. The minimum Gasteiger partial charge on any atom is -0.334 e. The number of carbonyl (C=O) groups is 1. The van der Waals surface area contributed by atoms with Crippen LogP contribution in [0, 0.1) is 5.92 Å². The number of carbonyl (C=O) groups excluding carboxylic acids is 1. The Morgan fingerprint density at radius 3 is 2.67 bits per heavy atom. The zero-order chi connectivity index (χ0) is 19.4. The fourth-order valence-electron chi connectivity index (χ4n) is 3.56. The summed E-state index contributed by atoms with van der Waals surface area (Å²) in [6, 6.07) is 5.12. The number of amides is 1. The van der Waals surface area contributed by atoms with E-state index < -0.39 is 0 Å². The smallest absolute Gasteiger partial charge is 0.238 e. The highest BCUT2D eigenvalue weighted by Crippen LogP contribution is 2.25. The van der Waals surface area contributed by atoms with E-state index in [1.807, 2.05) is 6.20 Å². The Balaban J connectivity index is 1.45. The molecule has 1 aromatic heterocycles. The fraction of sp³-hybridized carbons (Fsp3) is 0.500. The first-order chi connectivity index (χ1) is 12.9. The molecule has 1 aromatic carbocycles. The minimum absolute atomic E-state index is 0.0245. The third kappa shape index (κ3) is 5.47. The molecule has 0 radical (unpaired) electrons. The van der Waals surface area contributed by atoms with Gasteiger partial charge in [-0.3, -0.25) is 9.69 Å². The van der Waals surface area contributed by atoms with Gasteiger partial charge in [-0.15, -0.1) is 0 Å². The quantitative estimate of drug-likeness (QED) is 0.755. The minimum atomic E-state index is -0.0245. The Labute approximate surface area is 170 Å². The van der Waals surface area contributed by atoms with Crippen molar-refractivity contribution < 1.29 is 4.79 Å². The van der Waals surface area contributed by atoms with Crippen molar-refractivity contribution >= 4 is 34.8 Å². The van der Waals surface area contributed by atoms with E-state index in [1.54, 1.807) is 18.2 Å². The van der Waals surface area contributed by atoms with Crippen molar-refractivity contribution in [2.45, 2.75) is 39.2 Å². The molecule has 3 rings (SSSR count). The summed E-state index contributed by atoms with van der Waals surface area (Å²) < 4.78 is 2.28. The molecule has 0 saturated carbocycles. The molecule has 7 heteroatoms. The summed E-state index contributed by atoms with van der Waals surface area (Å²) in [6.07, 6.45) is 6.15. The number of likely N-dealkylation sites (tertiary alicyclic amines) is 1. The van der Waals surface area contributed by atoms with Gasteiger partial charge in [0.2, 0.25) is 5.91 Å². The lowest BCUT2D eigenvalue weighted by Gasteiger charge is -2.32. The van der Waals surface area contributed by atoms with Gasteiger partial charge in [-0.2, -0.15) is 0 Å². The molecule has 1 amide bonds. The molecule has 5 nitrogen and oxygen atoms in total. The molecule has 0 unspecified atom stereocenters. The topological polar surface area (TPSA) is 50.2 Å². The van der Waals surface area contributed by atoms with Crippen molar-refractivity contribution in [1.29, 1.82) is 0 Å².